The van der Waals surface area contributed by atoms with Crippen molar-refractivity contribution in [2.24, 2.45) is 21.1 Å². The number of hydrogen-bond acceptors (Lipinski definition) is 3. The van der Waals surface area contributed by atoms with Gasteiger partial charge in [-0.25, -0.2) is 13.6 Å². The summed E-state index contributed by atoms with van der Waals surface area (Å²) in [6, 6.07) is 7.54. The van der Waals surface area contributed by atoms with Crippen molar-refractivity contribution in [3.05, 3.63) is 63.8 Å². The Bertz CT molecular complexity index is 1410. The molecule has 0 saturated heterocycles. The minimum atomic E-state index is -2.60. The smallest absolute Gasteiger partial charge is 0.328 e. The van der Waals surface area contributed by atoms with Gasteiger partial charge in [-0.2, -0.15) is 5.10 Å². The first-order valence-electron chi connectivity index (χ1n) is 11.6. The van der Waals surface area contributed by atoms with E-state index in [0.29, 0.717) is 11.1 Å². The fourth-order valence-corrected chi connectivity index (χ4v) is 4.92. The Morgan fingerprint density at radius 3 is 2.41 bits per heavy atom. The number of aromatic nitrogens is 4. The molecule has 34 heavy (non-hydrogen) atoms. The molecule has 0 amide bonds. The van der Waals surface area contributed by atoms with Crippen molar-refractivity contribution in [1.82, 2.24) is 18.9 Å². The molecule has 5 rings (SSSR count). The summed E-state index contributed by atoms with van der Waals surface area (Å²) in [6.07, 6.45) is 2.54. The second-order valence-corrected chi connectivity index (χ2v) is 8.56. The van der Waals surface area contributed by atoms with Crippen LogP contribution in [0.5, 0.6) is 0 Å². The number of fused-ring (bicyclic) bond motifs is 2. The van der Waals surface area contributed by atoms with Gasteiger partial charge in [0, 0.05) is 56.4 Å². The van der Waals surface area contributed by atoms with Gasteiger partial charge in [-0.1, -0.05) is 13.8 Å². The molecule has 0 aliphatic carbocycles. The monoisotopic (exact) mass is 467 g/mol. The van der Waals surface area contributed by atoms with E-state index >= 15 is 0 Å². The Morgan fingerprint density at radius 2 is 1.76 bits per heavy atom. The number of halogens is 2. The minimum absolute atomic E-state index is 0.00793. The van der Waals surface area contributed by atoms with Gasteiger partial charge in [0.25, 0.3) is 6.43 Å². The van der Waals surface area contributed by atoms with Crippen LogP contribution in [0.3, 0.4) is 0 Å². The van der Waals surface area contributed by atoms with E-state index in [1.165, 1.54) is 0 Å². The second-order valence-electron chi connectivity index (χ2n) is 8.56. The van der Waals surface area contributed by atoms with Crippen molar-refractivity contribution < 1.29 is 8.78 Å². The van der Waals surface area contributed by atoms with Crippen LogP contribution in [0.25, 0.3) is 22.2 Å². The number of imidazole rings is 1. The molecule has 2 aromatic heterocycles. The third-order valence-electron chi connectivity index (χ3n) is 6.47. The molecule has 0 radical (unpaired) electrons. The highest BCUT2D eigenvalue weighted by Gasteiger charge is 2.25. The minimum Gasteiger partial charge on any atom is -0.341 e. The predicted octanol–water partition coefficient (Wildman–Crippen LogP) is 5.63. The van der Waals surface area contributed by atoms with E-state index in [9.17, 15) is 13.6 Å². The highest BCUT2D eigenvalue weighted by molar-refractivity contribution is 5.86. The van der Waals surface area contributed by atoms with Crippen LogP contribution in [0.1, 0.15) is 43.4 Å². The first kappa shape index (κ1) is 23.7. The standard InChI is InChI=1S/C24H25F2N5O.C2H6/c1-14-8-17(10-21-22(14)30(4)24(32)29(21)3)31-7-5-6-15-9-18(16-12-27-28(2)13-16)19(23(25)26)11-20(15)31;1-2/h8-13,23H,5-7H2,1-4H3;1-2H3. The molecule has 0 fully saturated rings. The molecular formula is C26H31F2N5O. The van der Waals surface area contributed by atoms with Gasteiger partial charge in [-0.3, -0.25) is 13.8 Å². The molecule has 3 heterocycles. The first-order valence-corrected chi connectivity index (χ1v) is 11.6. The highest BCUT2D eigenvalue weighted by Crippen LogP contribution is 2.42. The molecule has 0 N–H and O–H groups in total. The average molecular weight is 468 g/mol. The summed E-state index contributed by atoms with van der Waals surface area (Å²) in [5.41, 5.74) is 6.61. The second kappa shape index (κ2) is 9.08. The van der Waals surface area contributed by atoms with Crippen LogP contribution in [0, 0.1) is 6.92 Å². The van der Waals surface area contributed by atoms with Crippen molar-refractivity contribution >= 4 is 22.4 Å². The Hall–Kier alpha value is -3.42. The van der Waals surface area contributed by atoms with Crippen molar-refractivity contribution in [3.63, 3.8) is 0 Å². The van der Waals surface area contributed by atoms with E-state index in [4.69, 9.17) is 0 Å². The molecule has 6 nitrogen and oxygen atoms in total. The Morgan fingerprint density at radius 1 is 1.03 bits per heavy atom. The Balaban J connectivity index is 0.00000133. The number of rotatable bonds is 3. The highest BCUT2D eigenvalue weighted by atomic mass is 19.3. The SMILES string of the molecule is CC.Cc1cc(N2CCCc3cc(-c4cnn(C)c4)c(C(F)F)cc32)cc2c1n(C)c(=O)n2C. The topological polar surface area (TPSA) is 48.0 Å². The van der Waals surface area contributed by atoms with E-state index in [0.717, 1.165) is 52.9 Å². The zero-order valence-corrected chi connectivity index (χ0v) is 20.6. The fourth-order valence-electron chi connectivity index (χ4n) is 4.92. The third-order valence-corrected chi connectivity index (χ3v) is 6.47. The number of aryl methyl sites for hydroxylation is 5. The summed E-state index contributed by atoms with van der Waals surface area (Å²) >= 11 is 0. The van der Waals surface area contributed by atoms with Crippen LogP contribution in [-0.2, 0) is 27.6 Å². The van der Waals surface area contributed by atoms with Crippen molar-refractivity contribution in [2.75, 3.05) is 11.4 Å². The van der Waals surface area contributed by atoms with Crippen molar-refractivity contribution in [3.8, 4) is 11.1 Å². The van der Waals surface area contributed by atoms with Gasteiger partial charge in [0.1, 0.15) is 0 Å². The van der Waals surface area contributed by atoms with Gasteiger partial charge < -0.3 is 4.90 Å². The van der Waals surface area contributed by atoms with E-state index in [2.05, 4.69) is 10.00 Å². The zero-order valence-electron chi connectivity index (χ0n) is 20.6. The van der Waals surface area contributed by atoms with E-state index in [-0.39, 0.29) is 11.3 Å². The summed E-state index contributed by atoms with van der Waals surface area (Å²) in [7, 11) is 5.30. The lowest BCUT2D eigenvalue weighted by molar-refractivity contribution is 0.152. The van der Waals surface area contributed by atoms with Crippen molar-refractivity contribution in [1.29, 1.82) is 0 Å². The van der Waals surface area contributed by atoms with Gasteiger partial charge in [0.05, 0.1) is 17.2 Å². The number of alkyl halides is 2. The van der Waals surface area contributed by atoms with E-state index < -0.39 is 6.43 Å². The van der Waals surface area contributed by atoms with Gasteiger partial charge in [-0.15, -0.1) is 0 Å². The zero-order chi connectivity index (χ0) is 24.7. The number of benzene rings is 2. The molecule has 0 atom stereocenters. The molecule has 0 saturated carbocycles. The first-order chi connectivity index (χ1) is 16.3. The Labute approximate surface area is 198 Å². The summed E-state index contributed by atoms with van der Waals surface area (Å²) in [6.45, 7) is 6.71. The summed E-state index contributed by atoms with van der Waals surface area (Å²) < 4.78 is 33.1. The lowest BCUT2D eigenvalue weighted by atomic mass is 9.92. The molecule has 2 aromatic carbocycles. The van der Waals surface area contributed by atoms with E-state index in [1.54, 1.807) is 53.4 Å². The maximum absolute atomic E-state index is 14.1. The molecule has 0 spiro atoms. The molecule has 0 bridgehead atoms. The summed E-state index contributed by atoms with van der Waals surface area (Å²) in [5, 5.41) is 4.16. The normalized spacial score (nSPS) is 13.3. The molecule has 8 heteroatoms. The molecule has 4 aromatic rings. The van der Waals surface area contributed by atoms with Gasteiger partial charge in [0.15, 0.2) is 0 Å². The van der Waals surface area contributed by atoms with Crippen LogP contribution in [0.15, 0.2) is 41.5 Å². The fraction of sp³-hybridized carbons (Fsp3) is 0.385. The van der Waals surface area contributed by atoms with E-state index in [1.807, 2.05) is 39.0 Å². The van der Waals surface area contributed by atoms with Crippen LogP contribution in [0.4, 0.5) is 20.2 Å². The number of hydrogen-bond donors (Lipinski definition) is 0. The Kier molecular flexibility index (Phi) is 6.34. The quantitative estimate of drug-likeness (QED) is 0.392. The number of nitrogens with zero attached hydrogens (tertiary/aromatic N) is 5. The van der Waals surface area contributed by atoms with Crippen molar-refractivity contribution in [2.45, 2.75) is 40.0 Å². The van der Waals surface area contributed by atoms with Crippen LogP contribution >= 0.6 is 0 Å². The van der Waals surface area contributed by atoms with Crippen LogP contribution in [0.2, 0.25) is 0 Å². The van der Waals surface area contributed by atoms with Crippen LogP contribution in [-0.4, -0.2) is 25.5 Å². The summed E-state index contributed by atoms with van der Waals surface area (Å²) in [4.78, 5) is 14.5. The third kappa shape index (κ3) is 3.81. The summed E-state index contributed by atoms with van der Waals surface area (Å²) in [5.74, 6) is 0. The predicted molar refractivity (Wildman–Crippen MR) is 133 cm³/mol. The largest absolute Gasteiger partial charge is 0.341 e. The number of anilines is 2. The molecule has 0 unspecified atom stereocenters. The molecule has 1 aliphatic heterocycles. The molecule has 1 aliphatic rings. The molecular weight excluding hydrogens is 436 g/mol. The van der Waals surface area contributed by atoms with Gasteiger partial charge >= 0.3 is 5.69 Å². The molecule has 180 valence electrons. The lowest BCUT2D eigenvalue weighted by Gasteiger charge is -2.33. The maximum Gasteiger partial charge on any atom is 0.328 e. The van der Waals surface area contributed by atoms with Gasteiger partial charge in [0.2, 0.25) is 0 Å². The van der Waals surface area contributed by atoms with Crippen LogP contribution < -0.4 is 10.6 Å². The average Bonchev–Trinajstić information content (AvgIpc) is 3.36. The van der Waals surface area contributed by atoms with Gasteiger partial charge in [-0.05, 0) is 60.7 Å². The maximum atomic E-state index is 14.1. The lowest BCUT2D eigenvalue weighted by Crippen LogP contribution is -2.25.